The minimum Gasteiger partial charge on any atom is -0.497 e. The van der Waals surface area contributed by atoms with Gasteiger partial charge in [-0.15, -0.1) is 0 Å². The molecule has 0 aliphatic carbocycles. The molecule has 0 heterocycles. The number of nitrogens with zero attached hydrogens (tertiary/aromatic N) is 1. The Morgan fingerprint density at radius 1 is 0.906 bits per heavy atom. The van der Waals surface area contributed by atoms with Gasteiger partial charge >= 0.3 is 0 Å². The number of benzene rings is 3. The lowest BCUT2D eigenvalue weighted by Crippen LogP contribution is -2.40. The van der Waals surface area contributed by atoms with Crippen molar-refractivity contribution in [3.05, 3.63) is 83.4 Å². The van der Waals surface area contributed by atoms with Crippen molar-refractivity contribution in [1.82, 2.24) is 0 Å². The van der Waals surface area contributed by atoms with Gasteiger partial charge in [-0.05, 0) is 79.7 Å². The van der Waals surface area contributed by atoms with Gasteiger partial charge in [-0.2, -0.15) is 0 Å². The average Bonchev–Trinajstić information content (AvgIpc) is 2.82. The number of halogens is 1. The lowest BCUT2D eigenvalue weighted by atomic mass is 10.1. The zero-order valence-electron chi connectivity index (χ0n) is 18.0. The number of methoxy groups -OCH3 is 1. The highest BCUT2D eigenvalue weighted by Crippen LogP contribution is 2.23. The lowest BCUT2D eigenvalue weighted by Gasteiger charge is -2.26. The van der Waals surface area contributed by atoms with Gasteiger partial charge in [-0.25, -0.2) is 0 Å². The Hall–Kier alpha value is -3.22. The number of aliphatic hydroxyl groups is 1. The van der Waals surface area contributed by atoms with Crippen molar-refractivity contribution >= 4 is 23.2 Å². The van der Waals surface area contributed by atoms with Crippen molar-refractivity contribution in [3.63, 3.8) is 0 Å². The predicted molar refractivity (Wildman–Crippen MR) is 125 cm³/mol. The highest BCUT2D eigenvalue weighted by atomic mass is 35.5. The zero-order valence-corrected chi connectivity index (χ0v) is 18.8. The van der Waals surface area contributed by atoms with E-state index in [0.717, 1.165) is 0 Å². The quantitative estimate of drug-likeness (QED) is 0.474. The van der Waals surface area contributed by atoms with Gasteiger partial charge in [-0.3, -0.25) is 4.79 Å². The van der Waals surface area contributed by atoms with E-state index in [9.17, 15) is 9.90 Å². The summed E-state index contributed by atoms with van der Waals surface area (Å²) in [6, 6.07) is 20.9. The molecule has 0 aliphatic rings. The summed E-state index contributed by atoms with van der Waals surface area (Å²) in [5.41, 5.74) is 1.12. The Balaban J connectivity index is 1.76. The summed E-state index contributed by atoms with van der Waals surface area (Å²) in [7, 11) is 1.57. The molecule has 7 heteroatoms. The van der Waals surface area contributed by atoms with Gasteiger partial charge < -0.3 is 24.2 Å². The Labute approximate surface area is 192 Å². The van der Waals surface area contributed by atoms with Crippen LogP contribution in [0.1, 0.15) is 17.3 Å². The van der Waals surface area contributed by atoms with Crippen LogP contribution < -0.4 is 19.1 Å². The molecule has 168 valence electrons. The van der Waals surface area contributed by atoms with Crippen LogP contribution in [0.3, 0.4) is 0 Å². The second-order valence-corrected chi connectivity index (χ2v) is 7.43. The normalized spacial score (nSPS) is 11.5. The van der Waals surface area contributed by atoms with Crippen LogP contribution in [0, 0.1) is 0 Å². The van der Waals surface area contributed by atoms with E-state index in [1.165, 1.54) is 4.90 Å². The number of rotatable bonds is 10. The monoisotopic (exact) mass is 455 g/mol. The molecule has 1 atom stereocenters. The topological polar surface area (TPSA) is 68.2 Å². The molecule has 3 aromatic carbocycles. The summed E-state index contributed by atoms with van der Waals surface area (Å²) in [4.78, 5) is 14.8. The van der Waals surface area contributed by atoms with E-state index in [-0.39, 0.29) is 19.1 Å². The van der Waals surface area contributed by atoms with Crippen LogP contribution in [0.4, 0.5) is 5.69 Å². The van der Waals surface area contributed by atoms with Crippen molar-refractivity contribution in [1.29, 1.82) is 0 Å². The largest absolute Gasteiger partial charge is 0.497 e. The number of carbonyl (C=O) groups excluding carboxylic acids is 1. The van der Waals surface area contributed by atoms with Gasteiger partial charge in [0.15, 0.2) is 0 Å². The summed E-state index contributed by atoms with van der Waals surface area (Å²) in [6.45, 7) is 2.52. The van der Waals surface area contributed by atoms with E-state index >= 15 is 0 Å². The van der Waals surface area contributed by atoms with Crippen LogP contribution in [0.15, 0.2) is 72.8 Å². The van der Waals surface area contributed by atoms with E-state index in [1.54, 1.807) is 79.9 Å². The molecule has 3 rings (SSSR count). The third kappa shape index (κ3) is 6.39. The maximum absolute atomic E-state index is 13.3. The van der Waals surface area contributed by atoms with Crippen molar-refractivity contribution in [2.45, 2.75) is 13.0 Å². The number of ether oxygens (including phenoxy) is 3. The predicted octanol–water partition coefficient (Wildman–Crippen LogP) is 4.83. The number of aliphatic hydroxyl groups excluding tert-OH is 1. The number of hydrogen-bond donors (Lipinski definition) is 1. The van der Waals surface area contributed by atoms with Crippen molar-refractivity contribution in [2.75, 3.05) is 31.8 Å². The molecule has 0 aromatic heterocycles. The Kier molecular flexibility index (Phi) is 8.36. The van der Waals surface area contributed by atoms with Gasteiger partial charge in [0.05, 0.1) is 20.3 Å². The molecular formula is C25H26ClNO5. The summed E-state index contributed by atoms with van der Waals surface area (Å²) < 4.78 is 16.3. The molecule has 1 N–H and O–H groups in total. The smallest absolute Gasteiger partial charge is 0.258 e. The van der Waals surface area contributed by atoms with Crippen molar-refractivity contribution in [2.24, 2.45) is 0 Å². The van der Waals surface area contributed by atoms with Crippen LogP contribution in [-0.4, -0.2) is 44.0 Å². The molecule has 1 amide bonds. The molecule has 0 radical (unpaired) electrons. The fraction of sp³-hybridized carbons (Fsp3) is 0.240. The maximum Gasteiger partial charge on any atom is 0.258 e. The highest BCUT2D eigenvalue weighted by molar-refractivity contribution is 6.30. The molecule has 0 aliphatic heterocycles. The second kappa shape index (κ2) is 11.4. The Morgan fingerprint density at radius 2 is 1.47 bits per heavy atom. The first-order chi connectivity index (χ1) is 15.5. The maximum atomic E-state index is 13.3. The molecular weight excluding hydrogens is 430 g/mol. The molecule has 3 aromatic rings. The summed E-state index contributed by atoms with van der Waals surface area (Å²) in [6.07, 6.45) is -0.917. The number of carbonyl (C=O) groups is 1. The van der Waals surface area contributed by atoms with Crippen LogP contribution in [-0.2, 0) is 0 Å². The third-order valence-corrected chi connectivity index (χ3v) is 4.94. The van der Waals surface area contributed by atoms with Crippen molar-refractivity contribution in [3.8, 4) is 17.2 Å². The highest BCUT2D eigenvalue weighted by Gasteiger charge is 2.22. The third-order valence-electron chi connectivity index (χ3n) is 4.69. The number of hydrogen-bond acceptors (Lipinski definition) is 5. The first kappa shape index (κ1) is 23.4. The van der Waals surface area contributed by atoms with E-state index in [2.05, 4.69) is 0 Å². The summed E-state index contributed by atoms with van der Waals surface area (Å²) in [5.74, 6) is 1.70. The molecule has 6 nitrogen and oxygen atoms in total. The molecule has 0 fully saturated rings. The second-order valence-electron chi connectivity index (χ2n) is 6.99. The van der Waals surface area contributed by atoms with E-state index < -0.39 is 6.10 Å². The summed E-state index contributed by atoms with van der Waals surface area (Å²) >= 11 is 5.89. The van der Waals surface area contributed by atoms with Gasteiger partial charge in [0.1, 0.15) is 30.0 Å². The van der Waals surface area contributed by atoms with Gasteiger partial charge in [0, 0.05) is 16.3 Å². The van der Waals surface area contributed by atoms with E-state index in [0.29, 0.717) is 40.1 Å². The van der Waals surface area contributed by atoms with Gasteiger partial charge in [0.2, 0.25) is 0 Å². The van der Waals surface area contributed by atoms with Crippen LogP contribution >= 0.6 is 11.6 Å². The molecule has 0 unspecified atom stereocenters. The zero-order chi connectivity index (χ0) is 22.9. The molecule has 0 saturated carbocycles. The molecule has 0 spiro atoms. The Bertz CT molecular complexity index is 990. The lowest BCUT2D eigenvalue weighted by molar-refractivity contribution is 0.0906. The first-order valence-electron chi connectivity index (χ1n) is 10.3. The van der Waals surface area contributed by atoms with Crippen molar-refractivity contribution < 1.29 is 24.1 Å². The van der Waals surface area contributed by atoms with Crippen LogP contribution in [0.2, 0.25) is 5.02 Å². The van der Waals surface area contributed by atoms with E-state index in [1.807, 2.05) is 6.92 Å². The minimum atomic E-state index is -0.917. The van der Waals surface area contributed by atoms with E-state index in [4.69, 9.17) is 25.8 Å². The number of anilines is 1. The van der Waals surface area contributed by atoms with Crippen LogP contribution in [0.5, 0.6) is 17.2 Å². The van der Waals surface area contributed by atoms with Crippen LogP contribution in [0.25, 0.3) is 0 Å². The Morgan fingerprint density at radius 3 is 2.06 bits per heavy atom. The van der Waals surface area contributed by atoms with Gasteiger partial charge in [-0.1, -0.05) is 11.6 Å². The first-order valence-corrected chi connectivity index (χ1v) is 10.6. The fourth-order valence-corrected chi connectivity index (χ4v) is 3.20. The summed E-state index contributed by atoms with van der Waals surface area (Å²) in [5, 5.41) is 11.2. The SMILES string of the molecule is CCOc1ccc(N(C[C@H](O)COc2ccc(Cl)cc2)C(=O)c2ccc(OC)cc2)cc1. The average molecular weight is 456 g/mol. The molecule has 0 saturated heterocycles. The number of amides is 1. The molecule has 0 bridgehead atoms. The fourth-order valence-electron chi connectivity index (χ4n) is 3.07. The standard InChI is InChI=1S/C25H26ClNO5/c1-3-31-23-14-8-20(9-15-23)27(25(29)18-4-10-22(30-2)11-5-18)16-21(28)17-32-24-12-6-19(26)7-13-24/h4-15,21,28H,3,16-17H2,1-2H3/t21-/m0/s1. The minimum absolute atomic E-state index is 0.0189. The van der Waals surface area contributed by atoms with Gasteiger partial charge in [0.25, 0.3) is 5.91 Å². The molecule has 32 heavy (non-hydrogen) atoms.